The molecule has 0 radical (unpaired) electrons. The maximum absolute atomic E-state index is 12.7. The fraction of sp³-hybridized carbons (Fsp3) is 0.364. The molecule has 0 aliphatic carbocycles. The van der Waals surface area contributed by atoms with Crippen molar-refractivity contribution in [3.63, 3.8) is 0 Å². The molecule has 1 aromatic heterocycles. The van der Waals surface area contributed by atoms with Gasteiger partial charge < -0.3 is 10.2 Å². The Morgan fingerprint density at radius 3 is 2.68 bits per heavy atom. The van der Waals surface area contributed by atoms with Crippen LogP contribution in [0.3, 0.4) is 0 Å². The number of rotatable bonds is 1. The van der Waals surface area contributed by atoms with Crippen LogP contribution in [0.15, 0.2) is 41.2 Å². The van der Waals surface area contributed by atoms with Crippen LogP contribution in [-0.2, 0) is 5.41 Å². The molecule has 142 valence electrons. The number of hydrogen-bond acceptors (Lipinski definition) is 4. The first-order valence-corrected chi connectivity index (χ1v) is 10.2. The van der Waals surface area contributed by atoms with E-state index in [2.05, 4.69) is 51.8 Å². The number of anilines is 1. The highest BCUT2D eigenvalue weighted by atomic mass is 35.5. The van der Waals surface area contributed by atoms with E-state index in [1.807, 2.05) is 12.1 Å². The number of piperazine rings is 1. The molecule has 5 nitrogen and oxygen atoms in total. The van der Waals surface area contributed by atoms with Gasteiger partial charge in [0.1, 0.15) is 5.82 Å². The lowest BCUT2D eigenvalue weighted by molar-refractivity contribution is 0.226. The van der Waals surface area contributed by atoms with Crippen molar-refractivity contribution in [2.24, 2.45) is 0 Å². The third-order valence-corrected chi connectivity index (χ3v) is 6.92. The number of fused-ring (bicyclic) bond motifs is 7. The van der Waals surface area contributed by atoms with Crippen LogP contribution in [0.25, 0.3) is 16.6 Å². The van der Waals surface area contributed by atoms with E-state index >= 15 is 0 Å². The average Bonchev–Trinajstić information content (AvgIpc) is 2.88. The molecule has 6 heteroatoms. The van der Waals surface area contributed by atoms with Crippen LogP contribution < -0.4 is 15.8 Å². The van der Waals surface area contributed by atoms with E-state index in [0.717, 1.165) is 30.1 Å². The van der Waals surface area contributed by atoms with Crippen LogP contribution >= 0.6 is 11.6 Å². The molecule has 3 fully saturated rings. The number of halogens is 1. The Bertz CT molecular complexity index is 1200. The second-order valence-corrected chi connectivity index (χ2v) is 9.14. The van der Waals surface area contributed by atoms with Crippen molar-refractivity contribution in [3.05, 3.63) is 63.2 Å². The van der Waals surface area contributed by atoms with Crippen molar-refractivity contribution < 1.29 is 0 Å². The topological polar surface area (TPSA) is 50.2 Å². The highest BCUT2D eigenvalue weighted by Gasteiger charge is 2.40. The van der Waals surface area contributed by atoms with Crippen molar-refractivity contribution in [3.8, 4) is 5.69 Å². The van der Waals surface area contributed by atoms with Crippen molar-refractivity contribution in [2.75, 3.05) is 18.0 Å². The lowest BCUT2D eigenvalue weighted by atomic mass is 9.85. The molecule has 4 aliphatic heterocycles. The standard InChI is InChI=1S/C22H21ClN4O/c1-22(2)15-7-6-14(26-10-12-8-13(11-26)24-12)9-18(15)27-17-5-3-4-16(23)19(17)20(28)25-21(22)27/h3-7,9,12-13,24H,8,10-11H2,1-2H3. The molecule has 0 spiro atoms. The molecule has 2 atom stereocenters. The first kappa shape index (κ1) is 16.6. The zero-order valence-corrected chi connectivity index (χ0v) is 16.6. The molecule has 4 aliphatic rings. The van der Waals surface area contributed by atoms with Gasteiger partial charge in [-0.05, 0) is 50.1 Å². The van der Waals surface area contributed by atoms with Gasteiger partial charge in [-0.1, -0.05) is 23.7 Å². The number of benzene rings is 2. The van der Waals surface area contributed by atoms with Gasteiger partial charge in [0.15, 0.2) is 0 Å². The molecule has 1 N–H and O–H groups in total. The second-order valence-electron chi connectivity index (χ2n) is 8.74. The summed E-state index contributed by atoms with van der Waals surface area (Å²) >= 11 is 6.37. The van der Waals surface area contributed by atoms with Crippen LogP contribution in [0, 0.1) is 0 Å². The SMILES string of the molecule is CC1(C)c2ccc(N3CC4CC(C3)N4)cc2-n2c1nc(=O)c1c(Cl)cccc12. The van der Waals surface area contributed by atoms with Crippen molar-refractivity contribution >= 4 is 28.2 Å². The third kappa shape index (κ3) is 2.06. The number of piperidine rings is 1. The highest BCUT2D eigenvalue weighted by molar-refractivity contribution is 6.35. The van der Waals surface area contributed by atoms with E-state index in [9.17, 15) is 4.79 Å². The van der Waals surface area contributed by atoms with Gasteiger partial charge in [0.25, 0.3) is 5.56 Å². The average molecular weight is 393 g/mol. The second kappa shape index (κ2) is 5.37. The minimum Gasteiger partial charge on any atom is -0.368 e. The normalized spacial score (nSPS) is 24.0. The molecule has 3 saturated heterocycles. The van der Waals surface area contributed by atoms with Gasteiger partial charge >= 0.3 is 0 Å². The number of nitrogens with one attached hydrogen (secondary N) is 1. The van der Waals surface area contributed by atoms with Gasteiger partial charge in [-0.25, -0.2) is 0 Å². The van der Waals surface area contributed by atoms with Crippen LogP contribution in [-0.4, -0.2) is 34.7 Å². The lowest BCUT2D eigenvalue weighted by Gasteiger charge is -2.49. The first-order chi connectivity index (χ1) is 13.4. The number of nitrogens with zero attached hydrogens (tertiary/aromatic N) is 3. The van der Waals surface area contributed by atoms with E-state index in [1.165, 1.54) is 17.7 Å². The van der Waals surface area contributed by atoms with Crippen LogP contribution in [0.1, 0.15) is 31.7 Å². The van der Waals surface area contributed by atoms with Gasteiger partial charge in [-0.3, -0.25) is 9.36 Å². The maximum atomic E-state index is 12.7. The number of aromatic nitrogens is 2. The predicted molar refractivity (Wildman–Crippen MR) is 112 cm³/mol. The summed E-state index contributed by atoms with van der Waals surface area (Å²) in [5, 5.41) is 4.54. The van der Waals surface area contributed by atoms with Crippen LogP contribution in [0.4, 0.5) is 5.69 Å². The predicted octanol–water partition coefficient (Wildman–Crippen LogP) is 3.23. The van der Waals surface area contributed by atoms with Gasteiger partial charge in [0.05, 0.1) is 27.0 Å². The van der Waals surface area contributed by atoms with E-state index < -0.39 is 0 Å². The Labute approximate surface area is 167 Å². The van der Waals surface area contributed by atoms with E-state index in [4.69, 9.17) is 11.6 Å². The van der Waals surface area contributed by atoms with Gasteiger partial charge in [-0.2, -0.15) is 4.98 Å². The van der Waals surface area contributed by atoms with E-state index in [-0.39, 0.29) is 11.0 Å². The summed E-state index contributed by atoms with van der Waals surface area (Å²) in [5.74, 6) is 0.780. The minimum absolute atomic E-state index is 0.254. The Morgan fingerprint density at radius 1 is 1.18 bits per heavy atom. The zero-order chi connectivity index (χ0) is 19.2. The van der Waals surface area contributed by atoms with Crippen molar-refractivity contribution in [1.29, 1.82) is 0 Å². The summed E-state index contributed by atoms with van der Waals surface area (Å²) in [6, 6.07) is 13.5. The molecule has 0 amide bonds. The summed E-state index contributed by atoms with van der Waals surface area (Å²) < 4.78 is 2.13. The van der Waals surface area contributed by atoms with Crippen molar-refractivity contribution in [2.45, 2.75) is 37.8 Å². The molecular formula is C22H21ClN4O. The van der Waals surface area contributed by atoms with Crippen LogP contribution in [0.2, 0.25) is 5.02 Å². The lowest BCUT2D eigenvalue weighted by Crippen LogP contribution is -2.67. The number of hydrogen-bond donors (Lipinski definition) is 1. The molecule has 0 saturated carbocycles. The molecule has 7 rings (SSSR count). The van der Waals surface area contributed by atoms with Gasteiger partial charge in [-0.15, -0.1) is 0 Å². The monoisotopic (exact) mass is 392 g/mol. The summed E-state index contributed by atoms with van der Waals surface area (Å²) in [5.41, 5.74) is 3.76. The fourth-order valence-corrected chi connectivity index (χ4v) is 5.42. The summed E-state index contributed by atoms with van der Waals surface area (Å²) in [6.07, 6.45) is 1.28. The molecule has 3 aromatic rings. The first-order valence-electron chi connectivity index (χ1n) is 9.81. The Kier molecular flexibility index (Phi) is 3.18. The van der Waals surface area contributed by atoms with Gasteiger partial charge in [0.2, 0.25) is 0 Å². The summed E-state index contributed by atoms with van der Waals surface area (Å²) in [7, 11) is 0. The van der Waals surface area contributed by atoms with E-state index in [0.29, 0.717) is 22.5 Å². The minimum atomic E-state index is -0.338. The Balaban J connectivity index is 1.61. The molecule has 5 heterocycles. The fourth-order valence-electron chi connectivity index (χ4n) is 5.17. The Morgan fingerprint density at radius 2 is 1.93 bits per heavy atom. The zero-order valence-electron chi connectivity index (χ0n) is 15.9. The Hall–Kier alpha value is -2.37. The highest BCUT2D eigenvalue weighted by Crippen LogP contribution is 2.44. The smallest absolute Gasteiger partial charge is 0.282 e. The quantitative estimate of drug-likeness (QED) is 0.690. The third-order valence-electron chi connectivity index (χ3n) is 6.61. The summed E-state index contributed by atoms with van der Waals surface area (Å²) in [4.78, 5) is 19.7. The maximum Gasteiger partial charge on any atom is 0.282 e. The largest absolute Gasteiger partial charge is 0.368 e. The molecule has 28 heavy (non-hydrogen) atoms. The molecule has 2 unspecified atom stereocenters. The van der Waals surface area contributed by atoms with Crippen LogP contribution in [0.5, 0.6) is 0 Å². The molecular weight excluding hydrogens is 372 g/mol. The van der Waals surface area contributed by atoms with Crippen molar-refractivity contribution in [1.82, 2.24) is 14.9 Å². The summed E-state index contributed by atoms with van der Waals surface area (Å²) in [6.45, 7) is 6.35. The van der Waals surface area contributed by atoms with Gasteiger partial charge in [0, 0.05) is 30.9 Å². The molecule has 2 aromatic carbocycles. The molecule has 2 bridgehead atoms. The van der Waals surface area contributed by atoms with E-state index in [1.54, 1.807) is 6.07 Å².